The molecule has 2 fully saturated rings. The van der Waals surface area contributed by atoms with E-state index in [0.29, 0.717) is 11.7 Å². The molecule has 3 rings (SSSR count). The van der Waals surface area contributed by atoms with Gasteiger partial charge in [-0.2, -0.15) is 16.7 Å². The summed E-state index contributed by atoms with van der Waals surface area (Å²) in [5.41, 5.74) is -0.404. The van der Waals surface area contributed by atoms with Crippen molar-refractivity contribution in [2.24, 2.45) is 0 Å². The van der Waals surface area contributed by atoms with E-state index in [2.05, 4.69) is 10.1 Å². The minimum absolute atomic E-state index is 0.0220. The molecule has 5 nitrogen and oxygen atoms in total. The number of nitrogens with zero attached hydrogens (tertiary/aromatic N) is 2. The molecule has 6 heteroatoms. The lowest BCUT2D eigenvalue weighted by atomic mass is 10.0. The Hall–Kier alpha value is -0.590. The summed E-state index contributed by atoms with van der Waals surface area (Å²) in [5.74, 6) is 2.74. The Morgan fingerprint density at radius 1 is 1.47 bits per heavy atom. The van der Waals surface area contributed by atoms with Crippen LogP contribution in [0.25, 0.3) is 0 Å². The van der Waals surface area contributed by atoms with E-state index in [1.807, 2.05) is 6.92 Å². The molecule has 1 aromatic rings. The first-order valence-electron chi connectivity index (χ1n) is 5.93. The average molecular weight is 256 g/mol. The number of aromatic nitrogens is 2. The third kappa shape index (κ3) is 1.98. The van der Waals surface area contributed by atoms with E-state index in [1.165, 1.54) is 0 Å². The van der Waals surface area contributed by atoms with Crippen molar-refractivity contribution in [3.05, 3.63) is 11.7 Å². The first-order chi connectivity index (χ1) is 8.19. The van der Waals surface area contributed by atoms with Crippen LogP contribution in [0, 0.1) is 0 Å². The second-order valence-corrected chi connectivity index (χ2v) is 5.93. The van der Waals surface area contributed by atoms with Gasteiger partial charge in [-0.1, -0.05) is 5.16 Å². The molecule has 0 saturated carbocycles. The van der Waals surface area contributed by atoms with Crippen LogP contribution in [0.15, 0.2) is 4.52 Å². The highest BCUT2D eigenvalue weighted by Gasteiger charge is 2.39. The van der Waals surface area contributed by atoms with Crippen molar-refractivity contribution in [3.63, 3.8) is 0 Å². The summed E-state index contributed by atoms with van der Waals surface area (Å²) in [4.78, 5) is 4.42. The van der Waals surface area contributed by atoms with E-state index in [0.717, 1.165) is 31.0 Å². The molecular formula is C11H16N2O3S. The van der Waals surface area contributed by atoms with Crippen LogP contribution in [-0.2, 0) is 10.3 Å². The predicted octanol–water partition coefficient (Wildman–Crippen LogP) is 1.29. The van der Waals surface area contributed by atoms with E-state index in [4.69, 9.17) is 9.26 Å². The number of hydrogen-bond acceptors (Lipinski definition) is 6. The molecule has 3 heterocycles. The predicted molar refractivity (Wildman–Crippen MR) is 62.9 cm³/mol. The smallest absolute Gasteiger partial charge is 0.233 e. The van der Waals surface area contributed by atoms with Crippen LogP contribution in [0.4, 0.5) is 0 Å². The molecule has 0 spiro atoms. The van der Waals surface area contributed by atoms with Gasteiger partial charge in [-0.3, -0.25) is 0 Å². The maximum absolute atomic E-state index is 9.80. The number of rotatable bonds is 2. The van der Waals surface area contributed by atoms with E-state index in [9.17, 15) is 5.11 Å². The maximum atomic E-state index is 9.80. The number of ether oxygens (including phenoxy) is 1. The Bertz CT molecular complexity index is 403. The standard InChI is InChI=1S/C11H16N2O3S/c1-11(3-2-4-15-11)10-12-9(16-13-10)7-5-17-6-8(7)14/h7-8,14H,2-6H2,1H3. The summed E-state index contributed by atoms with van der Waals surface area (Å²) in [6, 6.07) is 0. The third-order valence-electron chi connectivity index (χ3n) is 3.50. The molecule has 0 radical (unpaired) electrons. The van der Waals surface area contributed by atoms with Crippen molar-refractivity contribution < 1.29 is 14.4 Å². The highest BCUT2D eigenvalue weighted by atomic mass is 32.2. The molecule has 2 saturated heterocycles. The molecule has 1 aromatic heterocycles. The number of thioether (sulfide) groups is 1. The SMILES string of the molecule is CC1(c2noc(C3CSCC3O)n2)CCCO1. The molecule has 17 heavy (non-hydrogen) atoms. The summed E-state index contributed by atoms with van der Waals surface area (Å²) >= 11 is 1.72. The second kappa shape index (κ2) is 4.26. The Balaban J connectivity index is 1.82. The minimum Gasteiger partial charge on any atom is -0.391 e. The van der Waals surface area contributed by atoms with E-state index in [-0.39, 0.29) is 12.0 Å². The Labute approximate surface area is 104 Å². The van der Waals surface area contributed by atoms with Gasteiger partial charge in [-0.15, -0.1) is 0 Å². The van der Waals surface area contributed by atoms with Gasteiger partial charge in [0.05, 0.1) is 12.0 Å². The van der Waals surface area contributed by atoms with Gasteiger partial charge in [0.25, 0.3) is 0 Å². The summed E-state index contributed by atoms with van der Waals surface area (Å²) in [7, 11) is 0. The number of aliphatic hydroxyl groups is 1. The highest BCUT2D eigenvalue weighted by molar-refractivity contribution is 7.99. The van der Waals surface area contributed by atoms with Gasteiger partial charge < -0.3 is 14.4 Å². The topological polar surface area (TPSA) is 68.4 Å². The van der Waals surface area contributed by atoms with E-state index >= 15 is 0 Å². The van der Waals surface area contributed by atoms with Gasteiger partial charge in [0, 0.05) is 18.1 Å². The zero-order valence-corrected chi connectivity index (χ0v) is 10.6. The molecule has 94 valence electrons. The third-order valence-corrected chi connectivity index (χ3v) is 4.67. The lowest BCUT2D eigenvalue weighted by Crippen LogP contribution is -2.22. The lowest BCUT2D eigenvalue weighted by Gasteiger charge is -2.17. The first kappa shape index (κ1) is 11.5. The molecule has 1 N–H and O–H groups in total. The molecule has 3 atom stereocenters. The number of aliphatic hydroxyl groups excluding tert-OH is 1. The summed E-state index contributed by atoms with van der Waals surface area (Å²) in [6.45, 7) is 2.75. The molecule has 2 aliphatic rings. The zero-order chi connectivity index (χ0) is 11.9. The first-order valence-corrected chi connectivity index (χ1v) is 7.08. The van der Waals surface area contributed by atoms with Crippen molar-refractivity contribution in [2.75, 3.05) is 18.1 Å². The molecule has 0 amide bonds. The fraction of sp³-hybridized carbons (Fsp3) is 0.818. The van der Waals surface area contributed by atoms with Gasteiger partial charge in [-0.05, 0) is 19.8 Å². The summed E-state index contributed by atoms with van der Waals surface area (Å²) < 4.78 is 11.0. The van der Waals surface area contributed by atoms with Gasteiger partial charge in [0.2, 0.25) is 11.7 Å². The molecule has 0 bridgehead atoms. The van der Waals surface area contributed by atoms with Crippen LogP contribution in [-0.4, -0.2) is 39.5 Å². The summed E-state index contributed by atoms with van der Waals surface area (Å²) in [6.07, 6.45) is 1.58. The minimum atomic E-state index is -0.404. The molecular weight excluding hydrogens is 240 g/mol. The van der Waals surface area contributed by atoms with Gasteiger partial charge in [-0.25, -0.2) is 0 Å². The molecule has 3 unspecified atom stereocenters. The fourth-order valence-corrected chi connectivity index (χ4v) is 3.56. The second-order valence-electron chi connectivity index (χ2n) is 4.85. The molecule has 2 aliphatic heterocycles. The average Bonchev–Trinajstić information content (AvgIpc) is 2.97. The van der Waals surface area contributed by atoms with Crippen LogP contribution < -0.4 is 0 Å². The Kier molecular flexibility index (Phi) is 2.88. The normalized spacial score (nSPS) is 37.8. The fourth-order valence-electron chi connectivity index (χ4n) is 2.33. The monoisotopic (exact) mass is 256 g/mol. The van der Waals surface area contributed by atoms with Crippen molar-refractivity contribution >= 4 is 11.8 Å². The van der Waals surface area contributed by atoms with Gasteiger partial charge in [0.1, 0.15) is 5.60 Å². The number of hydrogen-bond donors (Lipinski definition) is 1. The van der Waals surface area contributed by atoms with Crippen molar-refractivity contribution in [1.29, 1.82) is 0 Å². The summed E-state index contributed by atoms with van der Waals surface area (Å²) in [5, 5.41) is 13.8. The van der Waals surface area contributed by atoms with Gasteiger partial charge >= 0.3 is 0 Å². The highest BCUT2D eigenvalue weighted by Crippen LogP contribution is 2.36. The Morgan fingerprint density at radius 3 is 3.00 bits per heavy atom. The van der Waals surface area contributed by atoms with Crippen molar-refractivity contribution in [1.82, 2.24) is 10.1 Å². The quantitative estimate of drug-likeness (QED) is 0.860. The van der Waals surface area contributed by atoms with Crippen LogP contribution >= 0.6 is 11.8 Å². The van der Waals surface area contributed by atoms with Crippen molar-refractivity contribution in [3.8, 4) is 0 Å². The largest absolute Gasteiger partial charge is 0.391 e. The van der Waals surface area contributed by atoms with E-state index < -0.39 is 5.60 Å². The van der Waals surface area contributed by atoms with Gasteiger partial charge in [0.15, 0.2) is 0 Å². The van der Waals surface area contributed by atoms with Crippen LogP contribution in [0.2, 0.25) is 0 Å². The van der Waals surface area contributed by atoms with Crippen molar-refractivity contribution in [2.45, 2.75) is 37.4 Å². The van der Waals surface area contributed by atoms with E-state index in [1.54, 1.807) is 11.8 Å². The molecule has 0 aromatic carbocycles. The Morgan fingerprint density at radius 2 is 2.35 bits per heavy atom. The van der Waals surface area contributed by atoms with Crippen LogP contribution in [0.1, 0.15) is 37.4 Å². The van der Waals surface area contributed by atoms with Crippen LogP contribution in [0.5, 0.6) is 0 Å². The maximum Gasteiger partial charge on any atom is 0.233 e. The van der Waals surface area contributed by atoms with Crippen LogP contribution in [0.3, 0.4) is 0 Å². The zero-order valence-electron chi connectivity index (χ0n) is 9.76. The lowest BCUT2D eigenvalue weighted by molar-refractivity contribution is 0.00768. The molecule has 0 aliphatic carbocycles.